The predicted octanol–water partition coefficient (Wildman–Crippen LogP) is 6.09. The highest BCUT2D eigenvalue weighted by Gasteiger charge is 2.21. The van der Waals surface area contributed by atoms with Gasteiger partial charge in [0, 0.05) is 34.8 Å². The lowest BCUT2D eigenvalue weighted by Gasteiger charge is -2.23. The number of furan rings is 1. The van der Waals surface area contributed by atoms with Crippen molar-refractivity contribution in [2.45, 2.75) is 19.9 Å². The maximum absolute atomic E-state index is 12.7. The lowest BCUT2D eigenvalue weighted by Crippen LogP contribution is -2.33. The molecule has 0 bridgehead atoms. The predicted molar refractivity (Wildman–Crippen MR) is 114 cm³/mol. The molecule has 5 nitrogen and oxygen atoms in total. The second-order valence-corrected chi connectivity index (χ2v) is 7.63. The number of thiazole rings is 1. The molecule has 0 saturated carbocycles. The summed E-state index contributed by atoms with van der Waals surface area (Å²) in [5, 5.41) is 6.98. The smallest absolute Gasteiger partial charge is 0.322 e. The number of anilines is 1. The first-order valence-electron chi connectivity index (χ1n) is 9.06. The first kappa shape index (κ1) is 18.3. The Balaban J connectivity index is 1.45. The molecule has 0 fully saturated rings. The van der Waals surface area contributed by atoms with Crippen molar-refractivity contribution < 1.29 is 9.21 Å². The quantitative estimate of drug-likeness (QED) is 0.458. The van der Waals surface area contributed by atoms with E-state index in [-0.39, 0.29) is 12.1 Å². The van der Waals surface area contributed by atoms with Crippen LogP contribution < -0.4 is 5.32 Å². The van der Waals surface area contributed by atoms with E-state index in [0.717, 1.165) is 38.7 Å². The molecule has 2 heterocycles. The number of hydrogen-bond acceptors (Lipinski definition) is 4. The Morgan fingerprint density at radius 3 is 2.61 bits per heavy atom. The second-order valence-electron chi connectivity index (χ2n) is 6.78. The number of nitrogens with zero attached hydrogens (tertiary/aromatic N) is 2. The van der Waals surface area contributed by atoms with Gasteiger partial charge in [0.2, 0.25) is 0 Å². The minimum atomic E-state index is -0.190. The SMILES string of the molecule is Cc1csc(-c2ccc(NC(=O)N(C)C(C)c3cc4ccccc4o3)cc2)n1. The molecule has 0 radical (unpaired) electrons. The fourth-order valence-electron chi connectivity index (χ4n) is 2.97. The number of para-hydroxylation sites is 1. The average Bonchev–Trinajstić information content (AvgIpc) is 3.33. The summed E-state index contributed by atoms with van der Waals surface area (Å²) >= 11 is 1.61. The van der Waals surface area contributed by atoms with Crippen molar-refractivity contribution in [3.05, 3.63) is 71.4 Å². The largest absolute Gasteiger partial charge is 0.459 e. The molecule has 0 aliphatic carbocycles. The number of aromatic nitrogens is 1. The van der Waals surface area contributed by atoms with E-state index < -0.39 is 0 Å². The number of nitrogens with one attached hydrogen (secondary N) is 1. The van der Waals surface area contributed by atoms with Gasteiger partial charge in [0.25, 0.3) is 0 Å². The van der Waals surface area contributed by atoms with E-state index >= 15 is 0 Å². The van der Waals surface area contributed by atoms with Crippen LogP contribution in [0.25, 0.3) is 21.5 Å². The van der Waals surface area contributed by atoms with Crippen LogP contribution >= 0.6 is 11.3 Å². The molecular weight excluding hydrogens is 370 g/mol. The van der Waals surface area contributed by atoms with Crippen LogP contribution in [0.4, 0.5) is 10.5 Å². The molecule has 2 aromatic heterocycles. The van der Waals surface area contributed by atoms with Crippen LogP contribution in [0.15, 0.2) is 64.4 Å². The molecule has 4 aromatic rings. The fourth-order valence-corrected chi connectivity index (χ4v) is 3.77. The Labute approximate surface area is 167 Å². The number of fused-ring (bicyclic) bond motifs is 1. The second kappa shape index (κ2) is 7.48. The van der Waals surface area contributed by atoms with Gasteiger partial charge in [-0.05, 0) is 50.2 Å². The van der Waals surface area contributed by atoms with E-state index in [1.807, 2.05) is 73.8 Å². The number of aryl methyl sites for hydroxylation is 1. The van der Waals surface area contributed by atoms with Crippen LogP contribution in [0.3, 0.4) is 0 Å². The third kappa shape index (κ3) is 3.64. The lowest BCUT2D eigenvalue weighted by molar-refractivity contribution is 0.201. The van der Waals surface area contributed by atoms with Gasteiger partial charge in [0.1, 0.15) is 16.4 Å². The van der Waals surface area contributed by atoms with Gasteiger partial charge < -0.3 is 14.6 Å². The van der Waals surface area contributed by atoms with Crippen molar-refractivity contribution in [3.8, 4) is 10.6 Å². The summed E-state index contributed by atoms with van der Waals surface area (Å²) in [6, 6.07) is 17.2. The zero-order chi connectivity index (χ0) is 19.7. The van der Waals surface area contributed by atoms with Crippen LogP contribution in [0.1, 0.15) is 24.4 Å². The molecular formula is C22H21N3O2S. The summed E-state index contributed by atoms with van der Waals surface area (Å²) < 4.78 is 5.89. The topological polar surface area (TPSA) is 58.4 Å². The number of urea groups is 1. The first-order chi connectivity index (χ1) is 13.5. The lowest BCUT2D eigenvalue weighted by atomic mass is 10.2. The molecule has 1 unspecified atom stereocenters. The summed E-state index contributed by atoms with van der Waals surface area (Å²) in [5.74, 6) is 0.758. The summed E-state index contributed by atoms with van der Waals surface area (Å²) in [7, 11) is 1.76. The number of benzene rings is 2. The Kier molecular flexibility index (Phi) is 4.88. The summed E-state index contributed by atoms with van der Waals surface area (Å²) in [6.07, 6.45) is 0. The number of carbonyl (C=O) groups excluding carboxylic acids is 1. The zero-order valence-corrected chi connectivity index (χ0v) is 16.8. The number of rotatable bonds is 4. The molecule has 4 rings (SSSR count). The van der Waals surface area contributed by atoms with Crippen molar-refractivity contribution in [2.75, 3.05) is 12.4 Å². The summed E-state index contributed by atoms with van der Waals surface area (Å²) in [5.41, 5.74) is 3.62. The van der Waals surface area contributed by atoms with Crippen molar-refractivity contribution in [3.63, 3.8) is 0 Å². The van der Waals surface area contributed by atoms with Crippen LogP contribution in [0.5, 0.6) is 0 Å². The first-order valence-corrected chi connectivity index (χ1v) is 9.94. The zero-order valence-electron chi connectivity index (χ0n) is 16.0. The van der Waals surface area contributed by atoms with E-state index in [0.29, 0.717) is 0 Å². The van der Waals surface area contributed by atoms with E-state index in [9.17, 15) is 4.79 Å². The molecule has 142 valence electrons. The van der Waals surface area contributed by atoms with Gasteiger partial charge in [-0.1, -0.05) is 18.2 Å². The maximum Gasteiger partial charge on any atom is 0.322 e. The van der Waals surface area contributed by atoms with Gasteiger partial charge in [-0.2, -0.15) is 0 Å². The van der Waals surface area contributed by atoms with Crippen molar-refractivity contribution in [1.82, 2.24) is 9.88 Å². The minimum absolute atomic E-state index is 0.189. The summed E-state index contributed by atoms with van der Waals surface area (Å²) in [6.45, 7) is 3.93. The Morgan fingerprint density at radius 2 is 1.93 bits per heavy atom. The van der Waals surface area contributed by atoms with Crippen LogP contribution in [-0.4, -0.2) is 23.0 Å². The fraction of sp³-hybridized carbons (Fsp3) is 0.182. The molecule has 1 N–H and O–H groups in total. The third-order valence-electron chi connectivity index (χ3n) is 4.76. The molecule has 0 aliphatic heterocycles. The molecule has 28 heavy (non-hydrogen) atoms. The van der Waals surface area contributed by atoms with E-state index in [2.05, 4.69) is 10.3 Å². The van der Waals surface area contributed by atoms with E-state index in [4.69, 9.17) is 4.42 Å². The molecule has 6 heteroatoms. The van der Waals surface area contributed by atoms with Gasteiger partial charge in [-0.3, -0.25) is 0 Å². The minimum Gasteiger partial charge on any atom is -0.459 e. The standard InChI is InChI=1S/C22H21N3O2S/c1-14-13-28-21(23-14)16-8-10-18(11-9-16)24-22(26)25(3)15(2)20-12-17-6-4-5-7-19(17)27-20/h4-13,15H,1-3H3,(H,24,26). The van der Waals surface area contributed by atoms with Crippen LogP contribution in [-0.2, 0) is 0 Å². The third-order valence-corrected chi connectivity index (χ3v) is 5.77. The van der Waals surface area contributed by atoms with Gasteiger partial charge in [0.15, 0.2) is 0 Å². The van der Waals surface area contributed by atoms with Crippen molar-refractivity contribution in [1.29, 1.82) is 0 Å². The number of hydrogen-bond donors (Lipinski definition) is 1. The normalized spacial score (nSPS) is 12.1. The molecule has 0 aliphatic rings. The average molecular weight is 391 g/mol. The highest BCUT2D eigenvalue weighted by atomic mass is 32.1. The van der Waals surface area contributed by atoms with Crippen LogP contribution in [0, 0.1) is 6.92 Å². The van der Waals surface area contributed by atoms with E-state index in [1.54, 1.807) is 23.3 Å². The van der Waals surface area contributed by atoms with Gasteiger partial charge >= 0.3 is 6.03 Å². The summed E-state index contributed by atoms with van der Waals surface area (Å²) in [4.78, 5) is 18.8. The molecule has 1 atom stereocenters. The van der Waals surface area contributed by atoms with Gasteiger partial charge in [-0.15, -0.1) is 11.3 Å². The highest BCUT2D eigenvalue weighted by molar-refractivity contribution is 7.13. The molecule has 0 saturated heterocycles. The molecule has 2 amide bonds. The Morgan fingerprint density at radius 1 is 1.18 bits per heavy atom. The highest BCUT2D eigenvalue weighted by Crippen LogP contribution is 2.28. The maximum atomic E-state index is 12.7. The Bertz CT molecular complexity index is 1080. The number of carbonyl (C=O) groups is 1. The monoisotopic (exact) mass is 391 g/mol. The number of amides is 2. The van der Waals surface area contributed by atoms with Gasteiger partial charge in [0.05, 0.1) is 6.04 Å². The van der Waals surface area contributed by atoms with Crippen molar-refractivity contribution >= 4 is 34.0 Å². The molecule has 0 spiro atoms. The van der Waals surface area contributed by atoms with Crippen LogP contribution in [0.2, 0.25) is 0 Å². The van der Waals surface area contributed by atoms with Gasteiger partial charge in [-0.25, -0.2) is 9.78 Å². The van der Waals surface area contributed by atoms with Crippen molar-refractivity contribution in [2.24, 2.45) is 0 Å². The molecule has 2 aromatic carbocycles. The Hall–Kier alpha value is -3.12. The van der Waals surface area contributed by atoms with E-state index in [1.165, 1.54) is 0 Å².